The van der Waals surface area contributed by atoms with Crippen LogP contribution in [0.25, 0.3) is 5.78 Å². The minimum Gasteiger partial charge on any atom is -0.481 e. The van der Waals surface area contributed by atoms with Crippen LogP contribution in [0.2, 0.25) is 0 Å². The predicted octanol–water partition coefficient (Wildman–Crippen LogP) is -0.910. The van der Waals surface area contributed by atoms with Gasteiger partial charge >= 0.3 is 11.9 Å². The third-order valence-electron chi connectivity index (χ3n) is 2.77. The van der Waals surface area contributed by atoms with Gasteiger partial charge in [-0.1, -0.05) is 0 Å². The predicted molar refractivity (Wildman–Crippen MR) is 66.7 cm³/mol. The number of aryl methyl sites for hydroxylation is 1. The first-order chi connectivity index (χ1) is 9.90. The van der Waals surface area contributed by atoms with E-state index in [1.807, 2.05) is 0 Å². The fourth-order valence-corrected chi connectivity index (χ4v) is 1.72. The molecular weight excluding hydrogens is 282 g/mol. The zero-order chi connectivity index (χ0) is 15.6. The van der Waals surface area contributed by atoms with Gasteiger partial charge in [0.15, 0.2) is 0 Å². The lowest BCUT2D eigenvalue weighted by molar-refractivity contribution is -0.145. The number of carbonyl (C=O) groups excluding carboxylic acids is 1. The molecule has 0 aliphatic heterocycles. The van der Waals surface area contributed by atoms with Gasteiger partial charge in [0.25, 0.3) is 11.7 Å². The highest BCUT2D eigenvalue weighted by Gasteiger charge is 2.25. The van der Waals surface area contributed by atoms with E-state index >= 15 is 0 Å². The number of hydrogen-bond acceptors (Lipinski definition) is 6. The Balaban J connectivity index is 2.26. The molecule has 10 nitrogen and oxygen atoms in total. The van der Waals surface area contributed by atoms with Gasteiger partial charge in [0, 0.05) is 6.20 Å². The summed E-state index contributed by atoms with van der Waals surface area (Å²) in [7, 11) is 0. The van der Waals surface area contributed by atoms with Crippen molar-refractivity contribution in [3.05, 3.63) is 23.8 Å². The Morgan fingerprint density at radius 1 is 1.33 bits per heavy atom. The largest absolute Gasteiger partial charge is 0.481 e. The number of rotatable bonds is 5. The quantitative estimate of drug-likeness (QED) is 0.642. The molecule has 0 saturated carbocycles. The van der Waals surface area contributed by atoms with Crippen molar-refractivity contribution in [2.24, 2.45) is 0 Å². The number of aromatic nitrogens is 4. The van der Waals surface area contributed by atoms with Gasteiger partial charge in [-0.2, -0.15) is 10.1 Å². The van der Waals surface area contributed by atoms with Gasteiger partial charge in [0.2, 0.25) is 0 Å². The number of nitrogens with one attached hydrogen (secondary N) is 1. The van der Waals surface area contributed by atoms with E-state index in [2.05, 4.69) is 20.4 Å². The summed E-state index contributed by atoms with van der Waals surface area (Å²) in [6.45, 7) is 1.59. The molecule has 3 N–H and O–H groups in total. The van der Waals surface area contributed by atoms with Gasteiger partial charge < -0.3 is 15.5 Å². The van der Waals surface area contributed by atoms with Crippen LogP contribution in [0.15, 0.2) is 12.5 Å². The second kappa shape index (κ2) is 5.53. The van der Waals surface area contributed by atoms with Crippen LogP contribution in [0.5, 0.6) is 0 Å². The van der Waals surface area contributed by atoms with E-state index in [9.17, 15) is 14.4 Å². The van der Waals surface area contributed by atoms with E-state index in [-0.39, 0.29) is 5.56 Å². The number of carboxylic acids is 2. The summed E-state index contributed by atoms with van der Waals surface area (Å²) in [6, 6.07) is -1.53. The van der Waals surface area contributed by atoms with E-state index in [0.717, 1.165) is 0 Å². The Hall–Kier alpha value is -3.04. The molecular formula is C11H11N5O5. The maximum Gasteiger partial charge on any atom is 0.326 e. The number of nitrogens with zero attached hydrogens (tertiary/aromatic N) is 4. The lowest BCUT2D eigenvalue weighted by Crippen LogP contribution is -2.42. The number of aliphatic carboxylic acids is 2. The van der Waals surface area contributed by atoms with E-state index < -0.39 is 30.3 Å². The minimum absolute atomic E-state index is 0.0876. The molecule has 21 heavy (non-hydrogen) atoms. The van der Waals surface area contributed by atoms with Crippen molar-refractivity contribution in [2.75, 3.05) is 0 Å². The molecule has 10 heteroatoms. The maximum atomic E-state index is 12.1. The number of carboxylic acid groups (broad SMARTS) is 2. The summed E-state index contributed by atoms with van der Waals surface area (Å²) >= 11 is 0. The molecule has 2 aromatic heterocycles. The average Bonchev–Trinajstić information content (AvgIpc) is 2.86. The summed E-state index contributed by atoms with van der Waals surface area (Å²) in [4.78, 5) is 41.3. The van der Waals surface area contributed by atoms with Crippen LogP contribution in [0.1, 0.15) is 22.5 Å². The minimum atomic E-state index is -1.53. The fourth-order valence-electron chi connectivity index (χ4n) is 1.72. The van der Waals surface area contributed by atoms with E-state index in [4.69, 9.17) is 10.2 Å². The normalized spacial score (nSPS) is 12.0. The van der Waals surface area contributed by atoms with Crippen LogP contribution < -0.4 is 5.32 Å². The molecule has 0 aromatic carbocycles. The third-order valence-corrected chi connectivity index (χ3v) is 2.77. The monoisotopic (exact) mass is 293 g/mol. The Labute approximate surface area is 117 Å². The van der Waals surface area contributed by atoms with Gasteiger partial charge in [0.1, 0.15) is 12.4 Å². The second-order valence-corrected chi connectivity index (χ2v) is 4.19. The van der Waals surface area contributed by atoms with Gasteiger partial charge in [-0.05, 0) is 6.92 Å². The molecule has 2 heterocycles. The van der Waals surface area contributed by atoms with E-state index in [0.29, 0.717) is 11.5 Å². The first kappa shape index (κ1) is 14.4. The molecule has 1 atom stereocenters. The average molecular weight is 293 g/mol. The smallest absolute Gasteiger partial charge is 0.326 e. The fraction of sp³-hybridized carbons (Fsp3) is 0.273. The number of amides is 1. The third kappa shape index (κ3) is 2.94. The van der Waals surface area contributed by atoms with Crippen molar-refractivity contribution < 1.29 is 24.6 Å². The van der Waals surface area contributed by atoms with Crippen molar-refractivity contribution >= 4 is 23.6 Å². The standard InChI is InChI=1S/C11H11N5O5/c1-5-6(3-12-11-13-4-14-16(5)11)9(19)15-7(10(20)21)2-8(17)18/h3-4,7H,2H2,1H3,(H,15,19)(H,17,18)(H,20,21). The zero-order valence-corrected chi connectivity index (χ0v) is 10.8. The summed E-state index contributed by atoms with van der Waals surface area (Å²) in [5.74, 6) is -3.21. The molecule has 0 aliphatic carbocycles. The summed E-state index contributed by atoms with van der Waals surface area (Å²) in [6.07, 6.45) is 1.77. The SMILES string of the molecule is Cc1c(C(=O)NC(CC(=O)O)C(=O)O)cnc2ncnn12. The Kier molecular flexibility index (Phi) is 3.78. The van der Waals surface area contributed by atoms with E-state index in [1.165, 1.54) is 17.0 Å². The van der Waals surface area contributed by atoms with Crippen molar-refractivity contribution in [2.45, 2.75) is 19.4 Å². The van der Waals surface area contributed by atoms with Crippen molar-refractivity contribution in [3.63, 3.8) is 0 Å². The molecule has 0 fully saturated rings. The summed E-state index contributed by atoms with van der Waals surface area (Å²) in [5.41, 5.74) is 0.499. The van der Waals surface area contributed by atoms with Crippen LogP contribution in [-0.4, -0.2) is 53.7 Å². The first-order valence-corrected chi connectivity index (χ1v) is 5.81. The van der Waals surface area contributed by atoms with Crippen LogP contribution in [0.3, 0.4) is 0 Å². The Morgan fingerprint density at radius 3 is 2.67 bits per heavy atom. The molecule has 0 radical (unpaired) electrons. The number of fused-ring (bicyclic) bond motifs is 1. The van der Waals surface area contributed by atoms with Gasteiger partial charge in [-0.3, -0.25) is 9.59 Å². The van der Waals surface area contributed by atoms with Gasteiger partial charge in [-0.15, -0.1) is 0 Å². The topological polar surface area (TPSA) is 147 Å². The summed E-state index contributed by atoms with van der Waals surface area (Å²) in [5, 5.41) is 23.6. The van der Waals surface area contributed by atoms with Crippen LogP contribution in [0, 0.1) is 6.92 Å². The molecule has 2 rings (SSSR count). The molecule has 110 valence electrons. The van der Waals surface area contributed by atoms with E-state index in [1.54, 1.807) is 6.92 Å². The Bertz CT molecular complexity index is 725. The molecule has 2 aromatic rings. The highest BCUT2D eigenvalue weighted by molar-refractivity contribution is 5.98. The second-order valence-electron chi connectivity index (χ2n) is 4.19. The summed E-state index contributed by atoms with van der Waals surface area (Å²) < 4.78 is 1.32. The van der Waals surface area contributed by atoms with Crippen molar-refractivity contribution in [1.82, 2.24) is 24.9 Å². The van der Waals surface area contributed by atoms with Gasteiger partial charge in [0.05, 0.1) is 17.7 Å². The van der Waals surface area contributed by atoms with Crippen LogP contribution in [0.4, 0.5) is 0 Å². The molecule has 0 aliphatic rings. The molecule has 1 unspecified atom stereocenters. The highest BCUT2D eigenvalue weighted by Crippen LogP contribution is 2.08. The number of carbonyl (C=O) groups is 3. The molecule has 1 amide bonds. The van der Waals surface area contributed by atoms with Crippen LogP contribution >= 0.6 is 0 Å². The highest BCUT2D eigenvalue weighted by atomic mass is 16.4. The maximum absolute atomic E-state index is 12.1. The molecule has 0 saturated heterocycles. The number of hydrogen-bond donors (Lipinski definition) is 3. The lowest BCUT2D eigenvalue weighted by Gasteiger charge is -2.13. The van der Waals surface area contributed by atoms with Gasteiger partial charge in [-0.25, -0.2) is 14.3 Å². The lowest BCUT2D eigenvalue weighted by atomic mass is 10.1. The first-order valence-electron chi connectivity index (χ1n) is 5.81. The molecule has 0 spiro atoms. The van der Waals surface area contributed by atoms with Crippen molar-refractivity contribution in [1.29, 1.82) is 0 Å². The zero-order valence-electron chi connectivity index (χ0n) is 10.8. The Morgan fingerprint density at radius 2 is 2.05 bits per heavy atom. The molecule has 0 bridgehead atoms. The van der Waals surface area contributed by atoms with Crippen LogP contribution in [-0.2, 0) is 9.59 Å². The van der Waals surface area contributed by atoms with Crippen molar-refractivity contribution in [3.8, 4) is 0 Å².